The van der Waals surface area contributed by atoms with Crippen molar-refractivity contribution >= 4 is 46.3 Å². The molecule has 1 unspecified atom stereocenters. The normalized spacial score (nSPS) is 19.1. The van der Waals surface area contributed by atoms with Gasteiger partial charge in [0.15, 0.2) is 5.78 Å². The minimum atomic E-state index is -0.745. The molecule has 5 nitrogen and oxygen atoms in total. The average Bonchev–Trinajstić information content (AvgIpc) is 2.82. The predicted octanol–water partition coefficient (Wildman–Crippen LogP) is 6.72. The van der Waals surface area contributed by atoms with E-state index in [1.54, 1.807) is 13.0 Å². The van der Waals surface area contributed by atoms with Gasteiger partial charge in [-0.1, -0.05) is 62.2 Å². The Hall–Kier alpha value is -2.50. The Morgan fingerprint density at radius 2 is 1.84 bits per heavy atom. The van der Waals surface area contributed by atoms with Crippen molar-refractivity contribution in [2.24, 2.45) is 5.41 Å². The van der Waals surface area contributed by atoms with Crippen LogP contribution < -0.4 is 10.2 Å². The summed E-state index contributed by atoms with van der Waals surface area (Å²) in [6.07, 6.45) is 1.57. The molecule has 1 aliphatic carbocycles. The number of hydrogen-bond acceptors (Lipinski definition) is 4. The molecular weight excluding hydrogens is 447 g/mol. The van der Waals surface area contributed by atoms with Gasteiger partial charge in [-0.25, -0.2) is 0 Å². The summed E-state index contributed by atoms with van der Waals surface area (Å²) >= 11 is 12.7. The Morgan fingerprint density at radius 1 is 1.19 bits per heavy atom. The monoisotopic (exact) mass is 474 g/mol. The Bertz CT molecular complexity index is 1080. The van der Waals surface area contributed by atoms with E-state index < -0.39 is 5.97 Å². The van der Waals surface area contributed by atoms with Crippen LogP contribution in [0.3, 0.4) is 0 Å². The molecule has 32 heavy (non-hydrogen) atoms. The Kier molecular flexibility index (Phi) is 7.21. The van der Waals surface area contributed by atoms with E-state index in [0.717, 1.165) is 34.6 Å². The van der Waals surface area contributed by atoms with Crippen LogP contribution in [-0.4, -0.2) is 23.9 Å². The van der Waals surface area contributed by atoms with Crippen molar-refractivity contribution in [1.29, 1.82) is 0 Å². The smallest absolute Gasteiger partial charge is 0.303 e. The van der Waals surface area contributed by atoms with E-state index in [4.69, 9.17) is 28.3 Å². The molecule has 1 atom stereocenters. The quantitative estimate of drug-likeness (QED) is 0.505. The highest BCUT2D eigenvalue weighted by molar-refractivity contribution is 6.35. The van der Waals surface area contributed by atoms with E-state index in [9.17, 15) is 9.59 Å². The SMILES string of the molecule is CCC(=O)O.CN1c2ccccc2NC2=C(C(=O)CC(C)(C)C2)C1c1ccc(Cl)cc1Cl. The lowest BCUT2D eigenvalue weighted by Crippen LogP contribution is -2.34. The molecule has 4 rings (SSSR count). The van der Waals surface area contributed by atoms with Crippen LogP contribution in [0.1, 0.15) is 51.6 Å². The van der Waals surface area contributed by atoms with Crippen molar-refractivity contribution in [3.8, 4) is 0 Å². The molecule has 2 aliphatic rings. The summed E-state index contributed by atoms with van der Waals surface area (Å²) in [7, 11) is 2.01. The number of carboxylic acids is 1. The zero-order valence-corrected chi connectivity index (χ0v) is 20.2. The number of carboxylic acid groups (broad SMARTS) is 1. The van der Waals surface area contributed by atoms with Crippen molar-refractivity contribution in [1.82, 2.24) is 0 Å². The first-order valence-electron chi connectivity index (χ1n) is 10.6. The van der Waals surface area contributed by atoms with Crippen LogP contribution in [0.4, 0.5) is 11.4 Å². The van der Waals surface area contributed by atoms with E-state index in [0.29, 0.717) is 16.5 Å². The molecule has 2 aromatic rings. The van der Waals surface area contributed by atoms with Crippen LogP contribution in [0.15, 0.2) is 53.7 Å². The molecule has 0 saturated carbocycles. The van der Waals surface area contributed by atoms with Crippen molar-refractivity contribution in [2.45, 2.75) is 46.1 Å². The summed E-state index contributed by atoms with van der Waals surface area (Å²) < 4.78 is 0. The zero-order chi connectivity index (χ0) is 23.6. The van der Waals surface area contributed by atoms with Crippen LogP contribution in [0.5, 0.6) is 0 Å². The van der Waals surface area contributed by atoms with Crippen molar-refractivity contribution in [3.05, 3.63) is 69.3 Å². The van der Waals surface area contributed by atoms with Crippen LogP contribution in [0, 0.1) is 5.41 Å². The molecule has 0 amide bonds. The molecule has 7 heteroatoms. The number of rotatable bonds is 2. The molecule has 1 heterocycles. The Labute approximate surface area is 199 Å². The summed E-state index contributed by atoms with van der Waals surface area (Å²) in [6, 6.07) is 13.4. The first-order valence-corrected chi connectivity index (χ1v) is 11.3. The second kappa shape index (κ2) is 9.55. The van der Waals surface area contributed by atoms with Gasteiger partial charge in [0.05, 0.1) is 17.4 Å². The number of carbonyl (C=O) groups excluding carboxylic acids is 1. The number of hydrogen-bond donors (Lipinski definition) is 2. The van der Waals surface area contributed by atoms with Gasteiger partial charge in [-0.2, -0.15) is 0 Å². The molecule has 0 fully saturated rings. The summed E-state index contributed by atoms with van der Waals surface area (Å²) in [4.78, 5) is 24.8. The van der Waals surface area contributed by atoms with Crippen LogP contribution in [0.25, 0.3) is 0 Å². The summed E-state index contributed by atoms with van der Waals surface area (Å²) in [6.45, 7) is 5.88. The van der Waals surface area contributed by atoms with Gasteiger partial charge in [-0.05, 0) is 41.7 Å². The highest BCUT2D eigenvalue weighted by Crippen LogP contribution is 2.48. The van der Waals surface area contributed by atoms with Crippen LogP contribution >= 0.6 is 23.2 Å². The first kappa shape index (κ1) is 24.1. The average molecular weight is 475 g/mol. The third-order valence-electron chi connectivity index (χ3n) is 5.71. The Morgan fingerprint density at radius 3 is 2.47 bits per heavy atom. The number of anilines is 2. The van der Waals surface area contributed by atoms with Gasteiger partial charge in [0.25, 0.3) is 0 Å². The van der Waals surface area contributed by atoms with E-state index >= 15 is 0 Å². The van der Waals surface area contributed by atoms with Gasteiger partial charge in [0, 0.05) is 41.2 Å². The first-order chi connectivity index (χ1) is 15.0. The predicted molar refractivity (Wildman–Crippen MR) is 131 cm³/mol. The summed E-state index contributed by atoms with van der Waals surface area (Å²) in [5.41, 5.74) is 4.65. The van der Waals surface area contributed by atoms with Crippen LogP contribution in [0.2, 0.25) is 10.0 Å². The number of Topliss-reactive ketones (excluding diaryl/α,β-unsaturated/α-hetero) is 1. The molecule has 0 radical (unpaired) electrons. The van der Waals surface area contributed by atoms with Gasteiger partial charge >= 0.3 is 5.97 Å². The van der Waals surface area contributed by atoms with Crippen molar-refractivity contribution in [3.63, 3.8) is 0 Å². The number of ketones is 1. The number of para-hydroxylation sites is 2. The molecule has 0 saturated heterocycles. The fraction of sp³-hybridized carbons (Fsp3) is 0.360. The lowest BCUT2D eigenvalue weighted by molar-refractivity contribution is -0.136. The molecule has 0 bridgehead atoms. The molecule has 1 aliphatic heterocycles. The van der Waals surface area contributed by atoms with Crippen molar-refractivity contribution < 1.29 is 14.7 Å². The van der Waals surface area contributed by atoms with Crippen LogP contribution in [-0.2, 0) is 9.59 Å². The van der Waals surface area contributed by atoms with Gasteiger partial charge in [-0.15, -0.1) is 0 Å². The maximum atomic E-state index is 13.3. The number of allylic oxidation sites excluding steroid dienone is 1. The number of aliphatic carboxylic acids is 1. The number of likely N-dealkylation sites (N-methyl/N-ethyl adjacent to an activating group) is 1. The second-order valence-electron chi connectivity index (χ2n) is 8.90. The lowest BCUT2D eigenvalue weighted by Gasteiger charge is -2.36. The third-order valence-corrected chi connectivity index (χ3v) is 6.27. The fourth-order valence-electron chi connectivity index (χ4n) is 4.23. The number of nitrogens with one attached hydrogen (secondary N) is 1. The number of fused-ring (bicyclic) bond motifs is 1. The highest BCUT2D eigenvalue weighted by Gasteiger charge is 2.41. The maximum Gasteiger partial charge on any atom is 0.303 e. The third kappa shape index (κ3) is 5.11. The van der Waals surface area contributed by atoms with E-state index in [2.05, 4.69) is 30.1 Å². The number of benzene rings is 2. The molecular formula is C25H28Cl2N2O3. The molecule has 2 N–H and O–H groups in total. The summed E-state index contributed by atoms with van der Waals surface area (Å²) in [5, 5.41) is 12.4. The fourth-order valence-corrected chi connectivity index (χ4v) is 4.74. The number of carbonyl (C=O) groups is 2. The minimum absolute atomic E-state index is 0.0743. The van der Waals surface area contributed by atoms with Crippen molar-refractivity contribution in [2.75, 3.05) is 17.3 Å². The summed E-state index contributed by atoms with van der Waals surface area (Å²) in [5.74, 6) is -0.575. The topological polar surface area (TPSA) is 69.6 Å². The standard InChI is InChI=1S/C22H22Cl2N2O.C3H6O2/c1-22(2)11-17-20(19(27)12-22)21(14-9-8-13(23)10-15(14)24)26(3)18-7-5-4-6-16(18)25-17;1-2-3(4)5/h4-10,21,25H,11-12H2,1-3H3;2H2,1H3,(H,4,5). The Balaban J connectivity index is 0.000000523. The minimum Gasteiger partial charge on any atom is -0.481 e. The lowest BCUT2D eigenvalue weighted by atomic mass is 9.73. The van der Waals surface area contributed by atoms with Gasteiger partial charge in [-0.3, -0.25) is 9.59 Å². The van der Waals surface area contributed by atoms with E-state index in [1.807, 2.05) is 37.4 Å². The largest absolute Gasteiger partial charge is 0.481 e. The van der Waals surface area contributed by atoms with Gasteiger partial charge < -0.3 is 15.3 Å². The highest BCUT2D eigenvalue weighted by atomic mass is 35.5. The number of halogens is 2. The second-order valence-corrected chi connectivity index (χ2v) is 9.75. The van der Waals surface area contributed by atoms with E-state index in [1.165, 1.54) is 0 Å². The maximum absolute atomic E-state index is 13.3. The molecule has 0 spiro atoms. The molecule has 0 aromatic heterocycles. The van der Waals surface area contributed by atoms with E-state index in [-0.39, 0.29) is 23.7 Å². The molecule has 170 valence electrons. The molecule has 2 aromatic carbocycles. The zero-order valence-electron chi connectivity index (χ0n) is 18.7. The van der Waals surface area contributed by atoms with Gasteiger partial charge in [0.2, 0.25) is 0 Å². The number of nitrogens with zero attached hydrogens (tertiary/aromatic N) is 1. The van der Waals surface area contributed by atoms with Gasteiger partial charge in [0.1, 0.15) is 0 Å².